The first-order valence-electron chi connectivity index (χ1n) is 7.71. The molecule has 1 saturated carbocycles. The minimum Gasteiger partial charge on any atom is -0.313 e. The summed E-state index contributed by atoms with van der Waals surface area (Å²) in [4.78, 5) is 2.64. The van der Waals surface area contributed by atoms with Crippen molar-refractivity contribution in [3.8, 4) is 0 Å². The van der Waals surface area contributed by atoms with E-state index in [0.29, 0.717) is 6.04 Å². The van der Waals surface area contributed by atoms with Crippen LogP contribution in [0.1, 0.15) is 52.4 Å². The van der Waals surface area contributed by atoms with E-state index in [2.05, 4.69) is 24.1 Å². The van der Waals surface area contributed by atoms with Gasteiger partial charge in [-0.05, 0) is 57.7 Å². The quantitative estimate of drug-likeness (QED) is 0.792. The van der Waals surface area contributed by atoms with Gasteiger partial charge in [-0.25, -0.2) is 0 Å². The van der Waals surface area contributed by atoms with Gasteiger partial charge in [0.1, 0.15) is 0 Å². The number of hydrogen-bond acceptors (Lipinski definition) is 2. The lowest BCUT2D eigenvalue weighted by Crippen LogP contribution is -2.43. The number of likely N-dealkylation sites (tertiary alicyclic amines) is 1. The average Bonchev–Trinajstić information content (AvgIpc) is 2.74. The molecule has 1 aliphatic heterocycles. The Morgan fingerprint density at radius 1 is 1.12 bits per heavy atom. The van der Waals surface area contributed by atoms with E-state index in [1.165, 1.54) is 64.7 Å². The van der Waals surface area contributed by atoms with Gasteiger partial charge in [0, 0.05) is 12.6 Å². The van der Waals surface area contributed by atoms with Crippen LogP contribution in [0.25, 0.3) is 0 Å². The molecule has 2 rings (SSSR count). The van der Waals surface area contributed by atoms with Gasteiger partial charge in [0.05, 0.1) is 0 Å². The van der Waals surface area contributed by atoms with Crippen LogP contribution in [0, 0.1) is 11.8 Å². The molecule has 0 aromatic carbocycles. The first kappa shape index (κ1) is 13.4. The summed E-state index contributed by atoms with van der Waals surface area (Å²) in [5.74, 6) is 1.89. The maximum Gasteiger partial charge on any atom is 0.0166 e. The molecule has 2 nitrogen and oxygen atoms in total. The van der Waals surface area contributed by atoms with Crippen molar-refractivity contribution in [2.24, 2.45) is 11.8 Å². The van der Waals surface area contributed by atoms with Gasteiger partial charge in [-0.15, -0.1) is 0 Å². The largest absolute Gasteiger partial charge is 0.313 e. The van der Waals surface area contributed by atoms with Gasteiger partial charge in [-0.1, -0.05) is 26.2 Å². The molecule has 0 bridgehead atoms. The standard InChI is InChI=1S/C15H30N2/c1-13-7-6-8-15(13)11-16-14(2)12-17-9-4-3-5-10-17/h13-16H,3-12H2,1-2H3. The first-order valence-corrected chi connectivity index (χ1v) is 7.71. The van der Waals surface area contributed by atoms with Crippen LogP contribution in [0.5, 0.6) is 0 Å². The third-order valence-corrected chi connectivity index (χ3v) is 4.75. The van der Waals surface area contributed by atoms with Crippen LogP contribution in [-0.4, -0.2) is 37.1 Å². The SMILES string of the molecule is CC(CN1CCCCC1)NCC1CCCC1C. The van der Waals surface area contributed by atoms with Gasteiger partial charge in [0.2, 0.25) is 0 Å². The second-order valence-corrected chi connectivity index (χ2v) is 6.34. The van der Waals surface area contributed by atoms with Gasteiger partial charge in [0.25, 0.3) is 0 Å². The number of nitrogens with one attached hydrogen (secondary N) is 1. The molecular formula is C15H30N2. The molecule has 17 heavy (non-hydrogen) atoms. The monoisotopic (exact) mass is 238 g/mol. The highest BCUT2D eigenvalue weighted by Crippen LogP contribution is 2.30. The van der Waals surface area contributed by atoms with Crippen LogP contribution in [0.15, 0.2) is 0 Å². The smallest absolute Gasteiger partial charge is 0.0166 e. The maximum atomic E-state index is 3.76. The Balaban J connectivity index is 1.61. The highest BCUT2D eigenvalue weighted by atomic mass is 15.1. The van der Waals surface area contributed by atoms with E-state index < -0.39 is 0 Å². The summed E-state index contributed by atoms with van der Waals surface area (Å²) in [6.07, 6.45) is 8.61. The van der Waals surface area contributed by atoms with Crippen molar-refractivity contribution >= 4 is 0 Å². The second-order valence-electron chi connectivity index (χ2n) is 6.34. The molecule has 1 heterocycles. The Labute approximate surface area is 107 Å². The summed E-state index contributed by atoms with van der Waals surface area (Å²) in [7, 11) is 0. The van der Waals surface area contributed by atoms with Gasteiger partial charge < -0.3 is 10.2 Å². The van der Waals surface area contributed by atoms with Crippen molar-refractivity contribution < 1.29 is 0 Å². The minimum absolute atomic E-state index is 0.667. The van der Waals surface area contributed by atoms with Gasteiger partial charge >= 0.3 is 0 Å². The summed E-state index contributed by atoms with van der Waals surface area (Å²) in [6.45, 7) is 9.93. The van der Waals surface area contributed by atoms with E-state index in [9.17, 15) is 0 Å². The predicted octanol–water partition coefficient (Wildman–Crippen LogP) is 2.89. The molecule has 2 aliphatic rings. The molecular weight excluding hydrogens is 208 g/mol. The Morgan fingerprint density at radius 2 is 1.88 bits per heavy atom. The fourth-order valence-electron chi connectivity index (χ4n) is 3.47. The lowest BCUT2D eigenvalue weighted by Gasteiger charge is -2.30. The number of hydrogen-bond donors (Lipinski definition) is 1. The normalized spacial score (nSPS) is 32.8. The summed E-state index contributed by atoms with van der Waals surface area (Å²) in [5, 5.41) is 3.76. The van der Waals surface area contributed by atoms with E-state index in [1.54, 1.807) is 0 Å². The number of rotatable bonds is 5. The Morgan fingerprint density at radius 3 is 2.53 bits per heavy atom. The second kappa shape index (κ2) is 6.75. The molecule has 1 saturated heterocycles. The summed E-state index contributed by atoms with van der Waals surface area (Å²) in [6, 6.07) is 0.667. The number of nitrogens with zero attached hydrogens (tertiary/aromatic N) is 1. The topological polar surface area (TPSA) is 15.3 Å². The van der Waals surface area contributed by atoms with Crippen molar-refractivity contribution in [3.63, 3.8) is 0 Å². The molecule has 1 N–H and O–H groups in total. The molecule has 0 amide bonds. The van der Waals surface area contributed by atoms with Crippen molar-refractivity contribution in [2.75, 3.05) is 26.2 Å². The average molecular weight is 238 g/mol. The van der Waals surface area contributed by atoms with Crippen LogP contribution < -0.4 is 5.32 Å². The van der Waals surface area contributed by atoms with E-state index in [1.807, 2.05) is 0 Å². The van der Waals surface area contributed by atoms with Crippen molar-refractivity contribution in [1.29, 1.82) is 0 Å². The van der Waals surface area contributed by atoms with Crippen LogP contribution in [0.2, 0.25) is 0 Å². The molecule has 100 valence electrons. The summed E-state index contributed by atoms with van der Waals surface area (Å²) >= 11 is 0. The Kier molecular flexibility index (Phi) is 5.30. The van der Waals surface area contributed by atoms with Gasteiger partial charge in [-0.2, -0.15) is 0 Å². The molecule has 0 spiro atoms. The summed E-state index contributed by atoms with van der Waals surface area (Å²) < 4.78 is 0. The van der Waals surface area contributed by atoms with E-state index in [-0.39, 0.29) is 0 Å². The third-order valence-electron chi connectivity index (χ3n) is 4.75. The molecule has 2 fully saturated rings. The van der Waals surface area contributed by atoms with Crippen LogP contribution in [0.3, 0.4) is 0 Å². The maximum absolute atomic E-state index is 3.76. The fraction of sp³-hybridized carbons (Fsp3) is 1.00. The zero-order valence-corrected chi connectivity index (χ0v) is 11.8. The van der Waals surface area contributed by atoms with Gasteiger partial charge in [-0.3, -0.25) is 0 Å². The highest BCUT2D eigenvalue weighted by Gasteiger charge is 2.23. The van der Waals surface area contributed by atoms with Crippen LogP contribution in [0.4, 0.5) is 0 Å². The van der Waals surface area contributed by atoms with Crippen LogP contribution in [-0.2, 0) is 0 Å². The molecule has 3 atom stereocenters. The number of piperidine rings is 1. The van der Waals surface area contributed by atoms with Crippen molar-refractivity contribution in [3.05, 3.63) is 0 Å². The highest BCUT2D eigenvalue weighted by molar-refractivity contribution is 4.78. The zero-order valence-electron chi connectivity index (χ0n) is 11.8. The molecule has 0 aromatic rings. The van der Waals surface area contributed by atoms with Crippen molar-refractivity contribution in [2.45, 2.75) is 58.4 Å². The molecule has 1 aliphatic carbocycles. The van der Waals surface area contributed by atoms with Gasteiger partial charge in [0.15, 0.2) is 0 Å². The summed E-state index contributed by atoms with van der Waals surface area (Å²) in [5.41, 5.74) is 0. The van der Waals surface area contributed by atoms with Crippen LogP contribution >= 0.6 is 0 Å². The van der Waals surface area contributed by atoms with E-state index in [0.717, 1.165) is 11.8 Å². The molecule has 3 unspecified atom stereocenters. The molecule has 0 aromatic heterocycles. The molecule has 0 radical (unpaired) electrons. The predicted molar refractivity (Wildman–Crippen MR) is 74.3 cm³/mol. The van der Waals surface area contributed by atoms with E-state index in [4.69, 9.17) is 0 Å². The van der Waals surface area contributed by atoms with Crippen molar-refractivity contribution in [1.82, 2.24) is 10.2 Å². The van der Waals surface area contributed by atoms with E-state index >= 15 is 0 Å². The Hall–Kier alpha value is -0.0800. The third kappa shape index (κ3) is 4.26. The lowest BCUT2D eigenvalue weighted by molar-refractivity contribution is 0.205. The lowest BCUT2D eigenvalue weighted by atomic mass is 9.98. The first-order chi connectivity index (χ1) is 8.25. The zero-order chi connectivity index (χ0) is 12.1. The minimum atomic E-state index is 0.667. The fourth-order valence-corrected chi connectivity index (χ4v) is 3.47. The Bertz CT molecular complexity index is 211. The molecule has 2 heteroatoms.